The van der Waals surface area contributed by atoms with Crippen LogP contribution in [-0.2, 0) is 16.0 Å². The number of carbonyl (C=O) groups excluding carboxylic acids is 1. The molecule has 0 aliphatic carbocycles. The third-order valence-corrected chi connectivity index (χ3v) is 3.26. The summed E-state index contributed by atoms with van der Waals surface area (Å²) in [6, 6.07) is 5.24. The summed E-state index contributed by atoms with van der Waals surface area (Å²) in [7, 11) is 1.52. The molecule has 2 atom stereocenters. The second kappa shape index (κ2) is 4.65. The van der Waals surface area contributed by atoms with Gasteiger partial charge in [0, 0.05) is 5.92 Å². The molecule has 0 aromatic heterocycles. The molecule has 0 saturated carbocycles. The van der Waals surface area contributed by atoms with E-state index in [1.54, 1.807) is 12.1 Å². The minimum atomic E-state index is -0.124. The van der Waals surface area contributed by atoms with Gasteiger partial charge in [-0.25, -0.2) is 0 Å². The maximum atomic E-state index is 11.3. The lowest BCUT2D eigenvalue weighted by Crippen LogP contribution is -2.14. The highest BCUT2D eigenvalue weighted by molar-refractivity contribution is 5.74. The molecule has 0 radical (unpaired) electrons. The van der Waals surface area contributed by atoms with Crippen LogP contribution in [-0.4, -0.2) is 24.8 Å². The molecule has 0 bridgehead atoms. The van der Waals surface area contributed by atoms with Crippen molar-refractivity contribution in [2.24, 2.45) is 11.8 Å². The van der Waals surface area contributed by atoms with Crippen molar-refractivity contribution in [1.29, 1.82) is 0 Å². The first kappa shape index (κ1) is 11.8. The smallest absolute Gasteiger partial charge is 0.309 e. The Labute approximate surface area is 100 Å². The summed E-state index contributed by atoms with van der Waals surface area (Å²) < 4.78 is 10.1. The topological polar surface area (TPSA) is 55.8 Å². The van der Waals surface area contributed by atoms with Gasteiger partial charge in [-0.3, -0.25) is 4.79 Å². The summed E-state index contributed by atoms with van der Waals surface area (Å²) in [5.41, 5.74) is 1.04. The number of phenolic OH excluding ortho intramolecular Hbond substituents is 1. The minimum absolute atomic E-state index is 0.0604. The van der Waals surface area contributed by atoms with Gasteiger partial charge in [0.25, 0.3) is 0 Å². The first-order chi connectivity index (χ1) is 8.11. The van der Waals surface area contributed by atoms with E-state index in [4.69, 9.17) is 9.47 Å². The Morgan fingerprint density at radius 1 is 1.53 bits per heavy atom. The molecule has 1 heterocycles. The number of carbonyl (C=O) groups is 1. The van der Waals surface area contributed by atoms with Crippen LogP contribution in [0.3, 0.4) is 0 Å². The number of hydrogen-bond acceptors (Lipinski definition) is 4. The zero-order valence-corrected chi connectivity index (χ0v) is 9.97. The van der Waals surface area contributed by atoms with Crippen LogP contribution in [0.25, 0.3) is 0 Å². The molecule has 0 spiro atoms. The van der Waals surface area contributed by atoms with Gasteiger partial charge < -0.3 is 14.6 Å². The number of ether oxygens (including phenoxy) is 2. The summed E-state index contributed by atoms with van der Waals surface area (Å²) in [6.45, 7) is 2.36. The van der Waals surface area contributed by atoms with Crippen LogP contribution in [0.2, 0.25) is 0 Å². The number of esters is 1. The van der Waals surface area contributed by atoms with E-state index in [9.17, 15) is 9.90 Å². The van der Waals surface area contributed by atoms with Crippen LogP contribution in [0.4, 0.5) is 0 Å². The highest BCUT2D eigenvalue weighted by Crippen LogP contribution is 2.30. The van der Waals surface area contributed by atoms with Gasteiger partial charge in [-0.05, 0) is 24.1 Å². The normalized spacial score (nSPS) is 23.5. The number of benzene rings is 1. The van der Waals surface area contributed by atoms with Crippen molar-refractivity contribution in [2.75, 3.05) is 13.7 Å². The third kappa shape index (κ3) is 2.35. The summed E-state index contributed by atoms with van der Waals surface area (Å²) in [5.74, 6) is 0.607. The van der Waals surface area contributed by atoms with E-state index >= 15 is 0 Å². The highest BCUT2D eigenvalue weighted by atomic mass is 16.5. The van der Waals surface area contributed by atoms with Gasteiger partial charge in [-0.1, -0.05) is 13.0 Å². The average Bonchev–Trinajstić information content (AvgIpc) is 2.63. The number of phenols is 1. The Bertz CT molecular complexity index is 427. The highest BCUT2D eigenvalue weighted by Gasteiger charge is 2.32. The van der Waals surface area contributed by atoms with Crippen LogP contribution in [0.15, 0.2) is 18.2 Å². The van der Waals surface area contributed by atoms with Gasteiger partial charge in [-0.15, -0.1) is 0 Å². The molecule has 1 aliphatic heterocycles. The Morgan fingerprint density at radius 2 is 2.29 bits per heavy atom. The molecule has 2 unspecified atom stereocenters. The lowest BCUT2D eigenvalue weighted by molar-refractivity contribution is -0.140. The number of aromatic hydroxyl groups is 1. The number of hydrogen-bond donors (Lipinski definition) is 1. The van der Waals surface area contributed by atoms with Crippen LogP contribution in [0, 0.1) is 11.8 Å². The van der Waals surface area contributed by atoms with Crippen molar-refractivity contribution in [1.82, 2.24) is 0 Å². The van der Waals surface area contributed by atoms with E-state index in [1.165, 1.54) is 7.11 Å². The second-order valence-electron chi connectivity index (χ2n) is 4.39. The molecule has 4 nitrogen and oxygen atoms in total. The predicted molar refractivity (Wildman–Crippen MR) is 62.0 cm³/mol. The fourth-order valence-electron chi connectivity index (χ4n) is 2.04. The van der Waals surface area contributed by atoms with Crippen LogP contribution >= 0.6 is 0 Å². The Balaban J connectivity index is 2.11. The lowest BCUT2D eigenvalue weighted by atomic mass is 9.90. The largest absolute Gasteiger partial charge is 0.504 e. The monoisotopic (exact) mass is 236 g/mol. The lowest BCUT2D eigenvalue weighted by Gasteiger charge is -2.12. The first-order valence-electron chi connectivity index (χ1n) is 5.64. The molecule has 1 saturated heterocycles. The maximum Gasteiger partial charge on any atom is 0.309 e. The van der Waals surface area contributed by atoms with Gasteiger partial charge in [0.15, 0.2) is 11.5 Å². The molecule has 0 amide bonds. The van der Waals surface area contributed by atoms with Crippen molar-refractivity contribution in [3.05, 3.63) is 23.8 Å². The number of rotatable bonds is 3. The molecular weight excluding hydrogens is 220 g/mol. The summed E-state index contributed by atoms with van der Waals surface area (Å²) in [5, 5.41) is 9.49. The van der Waals surface area contributed by atoms with Crippen LogP contribution < -0.4 is 4.74 Å². The molecule has 1 aromatic rings. The summed E-state index contributed by atoms with van der Waals surface area (Å²) >= 11 is 0. The molecule has 1 N–H and O–H groups in total. The molecule has 17 heavy (non-hydrogen) atoms. The molecule has 4 heteroatoms. The fraction of sp³-hybridized carbons (Fsp3) is 0.462. The van der Waals surface area contributed by atoms with E-state index in [2.05, 4.69) is 0 Å². The molecule has 1 aliphatic rings. The number of methoxy groups -OCH3 is 1. The number of cyclic esters (lactones) is 1. The van der Waals surface area contributed by atoms with Gasteiger partial charge in [0.1, 0.15) is 0 Å². The van der Waals surface area contributed by atoms with E-state index in [0.717, 1.165) is 12.0 Å². The average molecular weight is 236 g/mol. The Morgan fingerprint density at radius 3 is 2.88 bits per heavy atom. The maximum absolute atomic E-state index is 11.3. The predicted octanol–water partition coefficient (Wildman–Crippen LogP) is 1.75. The van der Waals surface area contributed by atoms with E-state index < -0.39 is 0 Å². The van der Waals surface area contributed by atoms with Gasteiger partial charge >= 0.3 is 5.97 Å². The zero-order valence-electron chi connectivity index (χ0n) is 9.97. The van der Waals surface area contributed by atoms with Crippen LogP contribution in [0.5, 0.6) is 11.5 Å². The Hall–Kier alpha value is -1.71. The van der Waals surface area contributed by atoms with Gasteiger partial charge in [0.05, 0.1) is 19.6 Å². The first-order valence-corrected chi connectivity index (χ1v) is 5.64. The fourth-order valence-corrected chi connectivity index (χ4v) is 2.04. The van der Waals surface area contributed by atoms with Crippen molar-refractivity contribution in [2.45, 2.75) is 13.3 Å². The van der Waals surface area contributed by atoms with Gasteiger partial charge in [0.2, 0.25) is 0 Å². The molecular formula is C13H16O4. The molecule has 1 aromatic carbocycles. The SMILES string of the molecule is COc1cc(CC2COC(=O)C2C)ccc1O. The minimum Gasteiger partial charge on any atom is -0.504 e. The summed E-state index contributed by atoms with van der Waals surface area (Å²) in [6.07, 6.45) is 0.754. The van der Waals surface area contributed by atoms with Crippen molar-refractivity contribution < 1.29 is 19.4 Å². The van der Waals surface area contributed by atoms with Gasteiger partial charge in [-0.2, -0.15) is 0 Å². The van der Waals surface area contributed by atoms with Crippen LogP contribution in [0.1, 0.15) is 12.5 Å². The zero-order chi connectivity index (χ0) is 12.4. The quantitative estimate of drug-likeness (QED) is 0.812. The summed E-state index contributed by atoms with van der Waals surface area (Å²) in [4.78, 5) is 11.3. The van der Waals surface area contributed by atoms with E-state index in [1.807, 2.05) is 13.0 Å². The van der Waals surface area contributed by atoms with Crippen molar-refractivity contribution >= 4 is 5.97 Å². The standard InChI is InChI=1S/C13H16O4/c1-8-10(7-17-13(8)15)5-9-3-4-11(14)12(6-9)16-2/h3-4,6,8,10,14H,5,7H2,1-2H3. The van der Waals surface area contributed by atoms with E-state index in [-0.39, 0.29) is 23.6 Å². The van der Waals surface area contributed by atoms with E-state index in [0.29, 0.717) is 12.4 Å². The molecule has 92 valence electrons. The second-order valence-corrected chi connectivity index (χ2v) is 4.39. The Kier molecular flexibility index (Phi) is 3.22. The molecule has 1 fully saturated rings. The van der Waals surface area contributed by atoms with Crippen molar-refractivity contribution in [3.63, 3.8) is 0 Å². The third-order valence-electron chi connectivity index (χ3n) is 3.26. The molecule has 2 rings (SSSR count). The van der Waals surface area contributed by atoms with Crippen molar-refractivity contribution in [3.8, 4) is 11.5 Å².